The van der Waals surface area contributed by atoms with E-state index < -0.39 is 0 Å². The van der Waals surface area contributed by atoms with Crippen LogP contribution in [0.4, 0.5) is 0 Å². The molecular weight excluding hydrogens is 252 g/mol. The highest BCUT2D eigenvalue weighted by molar-refractivity contribution is 6.31. The molecule has 0 amide bonds. The van der Waals surface area contributed by atoms with Gasteiger partial charge in [0.1, 0.15) is 5.76 Å². The fourth-order valence-electron chi connectivity index (χ4n) is 1.68. The van der Waals surface area contributed by atoms with E-state index in [1.807, 2.05) is 0 Å². The van der Waals surface area contributed by atoms with Gasteiger partial charge in [0.15, 0.2) is 11.6 Å². The van der Waals surface area contributed by atoms with Gasteiger partial charge in [-0.3, -0.25) is 9.59 Å². The van der Waals surface area contributed by atoms with Gasteiger partial charge in [-0.15, -0.1) is 0 Å². The molecule has 1 aromatic heterocycles. The number of rotatable bonds is 4. The third-order valence-electron chi connectivity index (χ3n) is 2.63. The van der Waals surface area contributed by atoms with Gasteiger partial charge in [0.2, 0.25) is 0 Å². The molecule has 1 heterocycles. The molecule has 0 radical (unpaired) electrons. The average molecular weight is 263 g/mol. The van der Waals surface area contributed by atoms with Gasteiger partial charge < -0.3 is 4.42 Å². The summed E-state index contributed by atoms with van der Waals surface area (Å²) >= 11 is 5.80. The number of carbonyl (C=O) groups is 2. The third kappa shape index (κ3) is 2.68. The lowest BCUT2D eigenvalue weighted by molar-refractivity contribution is 0.0893. The molecule has 0 spiro atoms. The molecule has 2 aromatic rings. The summed E-state index contributed by atoms with van der Waals surface area (Å²) in [5, 5.41) is 0.479. The van der Waals surface area contributed by atoms with Gasteiger partial charge in [-0.05, 0) is 25.1 Å². The molecule has 0 N–H and O–H groups in total. The van der Waals surface area contributed by atoms with Crippen LogP contribution in [-0.4, -0.2) is 11.6 Å². The molecule has 0 aliphatic heterocycles. The van der Waals surface area contributed by atoms with E-state index in [1.165, 1.54) is 6.26 Å². The molecule has 0 aliphatic rings. The number of halogens is 1. The number of hydrogen-bond donors (Lipinski definition) is 0. The van der Waals surface area contributed by atoms with Crippen LogP contribution in [0.25, 0.3) is 0 Å². The van der Waals surface area contributed by atoms with Crippen LogP contribution in [0, 0.1) is 6.92 Å². The maximum Gasteiger partial charge on any atom is 0.174 e. The normalized spacial score (nSPS) is 10.3. The summed E-state index contributed by atoms with van der Waals surface area (Å²) < 4.78 is 5.04. The van der Waals surface area contributed by atoms with Crippen LogP contribution in [0.15, 0.2) is 41.0 Å². The van der Waals surface area contributed by atoms with E-state index in [4.69, 9.17) is 16.0 Å². The average Bonchev–Trinajstić information content (AvgIpc) is 2.75. The zero-order valence-electron chi connectivity index (χ0n) is 9.77. The molecule has 18 heavy (non-hydrogen) atoms. The molecule has 2 rings (SSSR count). The van der Waals surface area contributed by atoms with Crippen LogP contribution < -0.4 is 0 Å². The van der Waals surface area contributed by atoms with Crippen molar-refractivity contribution in [1.82, 2.24) is 0 Å². The monoisotopic (exact) mass is 262 g/mol. The van der Waals surface area contributed by atoms with Gasteiger partial charge >= 0.3 is 0 Å². The minimum absolute atomic E-state index is 0.180. The quantitative estimate of drug-likeness (QED) is 0.623. The number of hydrogen-bond acceptors (Lipinski definition) is 3. The molecule has 4 heteroatoms. The van der Waals surface area contributed by atoms with Gasteiger partial charge in [-0.1, -0.05) is 23.7 Å². The number of benzene rings is 1. The van der Waals surface area contributed by atoms with E-state index in [1.54, 1.807) is 37.3 Å². The maximum atomic E-state index is 11.9. The predicted octanol–water partition coefficient (Wildman–Crippen LogP) is 3.70. The summed E-state index contributed by atoms with van der Waals surface area (Å²) in [6.45, 7) is 1.69. The Bertz CT molecular complexity index is 599. The van der Waals surface area contributed by atoms with E-state index in [2.05, 4.69) is 0 Å². The SMILES string of the molecule is Cc1occc1C(=O)CC(=O)c1cccc(Cl)c1. The second kappa shape index (κ2) is 5.19. The van der Waals surface area contributed by atoms with Gasteiger partial charge in [0.25, 0.3) is 0 Å². The summed E-state index contributed by atoms with van der Waals surface area (Å²) in [6.07, 6.45) is 1.26. The van der Waals surface area contributed by atoms with Crippen LogP contribution >= 0.6 is 11.6 Å². The highest BCUT2D eigenvalue weighted by atomic mass is 35.5. The Labute approximate surface area is 109 Å². The Kier molecular flexibility index (Phi) is 3.63. The van der Waals surface area contributed by atoms with Gasteiger partial charge in [-0.25, -0.2) is 0 Å². The zero-order chi connectivity index (χ0) is 13.1. The number of ketones is 2. The van der Waals surface area contributed by atoms with Crippen LogP contribution in [0.5, 0.6) is 0 Å². The van der Waals surface area contributed by atoms with Gasteiger partial charge in [0, 0.05) is 10.6 Å². The zero-order valence-corrected chi connectivity index (χ0v) is 10.5. The molecule has 1 aromatic carbocycles. The largest absolute Gasteiger partial charge is 0.469 e. The first kappa shape index (κ1) is 12.6. The lowest BCUT2D eigenvalue weighted by Gasteiger charge is -2.01. The van der Waals surface area contributed by atoms with Crippen LogP contribution in [0.3, 0.4) is 0 Å². The second-order valence-corrected chi connectivity index (χ2v) is 4.36. The molecule has 0 aliphatic carbocycles. The van der Waals surface area contributed by atoms with Crippen molar-refractivity contribution in [2.45, 2.75) is 13.3 Å². The minimum Gasteiger partial charge on any atom is -0.469 e. The molecule has 0 saturated carbocycles. The molecule has 0 fully saturated rings. The summed E-state index contributed by atoms with van der Waals surface area (Å²) in [6, 6.07) is 8.13. The lowest BCUT2D eigenvalue weighted by atomic mass is 10.0. The number of Topliss-reactive ketones (excluding diaryl/α,β-unsaturated/α-hetero) is 2. The Morgan fingerprint density at radius 2 is 2.00 bits per heavy atom. The van der Waals surface area contributed by atoms with Crippen molar-refractivity contribution < 1.29 is 14.0 Å². The molecule has 0 atom stereocenters. The number of carbonyl (C=O) groups excluding carboxylic acids is 2. The predicted molar refractivity (Wildman–Crippen MR) is 68.2 cm³/mol. The molecule has 92 valence electrons. The number of aryl methyl sites for hydroxylation is 1. The molecule has 3 nitrogen and oxygen atoms in total. The number of furan rings is 1. The van der Waals surface area contributed by atoms with Gasteiger partial charge in [-0.2, -0.15) is 0 Å². The van der Waals surface area contributed by atoms with E-state index in [0.717, 1.165) is 0 Å². The van der Waals surface area contributed by atoms with Crippen molar-refractivity contribution in [2.24, 2.45) is 0 Å². The fourth-order valence-corrected chi connectivity index (χ4v) is 1.87. The Hall–Kier alpha value is -1.87. The Morgan fingerprint density at radius 3 is 2.61 bits per heavy atom. The summed E-state index contributed by atoms with van der Waals surface area (Å²) in [4.78, 5) is 23.8. The van der Waals surface area contributed by atoms with Crippen molar-refractivity contribution in [2.75, 3.05) is 0 Å². The first-order valence-electron chi connectivity index (χ1n) is 5.44. The van der Waals surface area contributed by atoms with E-state index in [9.17, 15) is 9.59 Å². The molecule has 0 bridgehead atoms. The van der Waals surface area contributed by atoms with Crippen molar-refractivity contribution >= 4 is 23.2 Å². The summed E-state index contributed by atoms with van der Waals surface area (Å²) in [7, 11) is 0. The Morgan fingerprint density at radius 1 is 1.22 bits per heavy atom. The lowest BCUT2D eigenvalue weighted by Crippen LogP contribution is -2.08. The second-order valence-electron chi connectivity index (χ2n) is 3.92. The summed E-state index contributed by atoms with van der Waals surface area (Å²) in [5.74, 6) is 0.0354. The van der Waals surface area contributed by atoms with Crippen molar-refractivity contribution in [3.8, 4) is 0 Å². The molecular formula is C14H11ClO3. The fraction of sp³-hybridized carbons (Fsp3) is 0.143. The van der Waals surface area contributed by atoms with Crippen LogP contribution in [-0.2, 0) is 0 Å². The van der Waals surface area contributed by atoms with Crippen LogP contribution in [0.1, 0.15) is 32.9 Å². The van der Waals surface area contributed by atoms with E-state index in [-0.39, 0.29) is 18.0 Å². The van der Waals surface area contributed by atoms with E-state index in [0.29, 0.717) is 21.9 Å². The van der Waals surface area contributed by atoms with Crippen LogP contribution in [0.2, 0.25) is 5.02 Å². The topological polar surface area (TPSA) is 47.3 Å². The first-order valence-corrected chi connectivity index (χ1v) is 5.82. The third-order valence-corrected chi connectivity index (χ3v) is 2.86. The molecule has 0 unspecified atom stereocenters. The van der Waals surface area contributed by atoms with E-state index >= 15 is 0 Å². The smallest absolute Gasteiger partial charge is 0.174 e. The summed E-state index contributed by atoms with van der Waals surface area (Å²) in [5.41, 5.74) is 0.891. The highest BCUT2D eigenvalue weighted by Crippen LogP contribution is 2.16. The van der Waals surface area contributed by atoms with Crippen molar-refractivity contribution in [3.05, 3.63) is 58.5 Å². The Balaban J connectivity index is 2.13. The molecule has 0 saturated heterocycles. The standard InChI is InChI=1S/C14H11ClO3/c1-9-12(5-6-18-9)14(17)8-13(16)10-3-2-4-11(15)7-10/h2-7H,8H2,1H3. The van der Waals surface area contributed by atoms with Crippen molar-refractivity contribution in [3.63, 3.8) is 0 Å². The first-order chi connectivity index (χ1) is 8.58. The highest BCUT2D eigenvalue weighted by Gasteiger charge is 2.16. The minimum atomic E-state index is -0.247. The maximum absolute atomic E-state index is 11.9. The van der Waals surface area contributed by atoms with Gasteiger partial charge in [0.05, 0.1) is 18.2 Å². The van der Waals surface area contributed by atoms with Crippen molar-refractivity contribution in [1.29, 1.82) is 0 Å².